The molecule has 1 fully saturated rings. The molecule has 22 heavy (non-hydrogen) atoms. The Kier molecular flexibility index (Phi) is 4.31. The Bertz CT molecular complexity index is 540. The monoisotopic (exact) mass is 312 g/mol. The second-order valence-electron chi connectivity index (χ2n) is 6.05. The lowest BCUT2D eigenvalue weighted by molar-refractivity contribution is -0.251. The summed E-state index contributed by atoms with van der Waals surface area (Å²) in [5, 5.41) is 17.0. The Morgan fingerprint density at radius 3 is 2.64 bits per heavy atom. The van der Waals surface area contributed by atoms with Crippen LogP contribution in [0.15, 0.2) is 0 Å². The van der Waals surface area contributed by atoms with Gasteiger partial charge < -0.3 is 10.1 Å². The van der Waals surface area contributed by atoms with Gasteiger partial charge in [0.2, 0.25) is 5.82 Å². The van der Waals surface area contributed by atoms with Gasteiger partial charge in [-0.25, -0.2) is 9.86 Å². The molecule has 2 amide bonds. The SMILES string of the molecule is CC(ON1C(=O)[C@@H](NC(=O)OC(C)(C)C)[C@@H]1C)c1nn[nH]n1. The first kappa shape index (κ1) is 16.1. The van der Waals surface area contributed by atoms with Crippen molar-refractivity contribution in [2.75, 3.05) is 0 Å². The van der Waals surface area contributed by atoms with Gasteiger partial charge in [0.25, 0.3) is 5.91 Å². The molecule has 2 heterocycles. The van der Waals surface area contributed by atoms with E-state index >= 15 is 0 Å². The summed E-state index contributed by atoms with van der Waals surface area (Å²) in [5.41, 5.74) is -0.622. The third kappa shape index (κ3) is 3.50. The number of aromatic nitrogens is 4. The molecule has 10 heteroatoms. The molecule has 1 aliphatic rings. The van der Waals surface area contributed by atoms with Gasteiger partial charge in [0.15, 0.2) is 0 Å². The predicted octanol–water partition coefficient (Wildman–Crippen LogP) is 0.316. The number of β-lactam (4-membered cyclic amide) rings is 1. The minimum absolute atomic E-state index is 0.325. The topological polar surface area (TPSA) is 122 Å². The number of hydroxylamine groups is 2. The van der Waals surface area contributed by atoms with E-state index in [9.17, 15) is 9.59 Å². The highest BCUT2D eigenvalue weighted by molar-refractivity contribution is 5.91. The van der Waals surface area contributed by atoms with Crippen LogP contribution >= 0.6 is 0 Å². The highest BCUT2D eigenvalue weighted by Gasteiger charge is 2.48. The van der Waals surface area contributed by atoms with Gasteiger partial charge in [-0.2, -0.15) is 5.21 Å². The summed E-state index contributed by atoms with van der Waals surface area (Å²) < 4.78 is 5.12. The Morgan fingerprint density at radius 2 is 2.14 bits per heavy atom. The molecule has 0 radical (unpaired) electrons. The summed E-state index contributed by atoms with van der Waals surface area (Å²) >= 11 is 0. The first-order valence-corrected chi connectivity index (χ1v) is 6.92. The van der Waals surface area contributed by atoms with Crippen LogP contribution in [0.2, 0.25) is 0 Å². The Morgan fingerprint density at radius 1 is 1.45 bits per heavy atom. The fraction of sp³-hybridized carbons (Fsp3) is 0.750. The number of nitrogens with zero attached hydrogens (tertiary/aromatic N) is 4. The average molecular weight is 312 g/mol. The number of aromatic amines is 1. The van der Waals surface area contributed by atoms with Crippen molar-refractivity contribution in [3.63, 3.8) is 0 Å². The van der Waals surface area contributed by atoms with Crippen LogP contribution in [0.3, 0.4) is 0 Å². The summed E-state index contributed by atoms with van der Waals surface area (Å²) in [6.07, 6.45) is -1.17. The van der Waals surface area contributed by atoms with Gasteiger partial charge in [-0.3, -0.25) is 9.63 Å². The molecular formula is C12H20N6O4. The molecule has 0 spiro atoms. The van der Waals surface area contributed by atoms with Crippen LogP contribution in [0.1, 0.15) is 46.5 Å². The van der Waals surface area contributed by atoms with Crippen LogP contribution in [0.25, 0.3) is 0 Å². The van der Waals surface area contributed by atoms with Gasteiger partial charge in [0.1, 0.15) is 17.7 Å². The number of rotatable bonds is 4. The summed E-state index contributed by atoms with van der Waals surface area (Å²) in [6.45, 7) is 8.70. The molecular weight excluding hydrogens is 292 g/mol. The van der Waals surface area contributed by atoms with E-state index in [1.54, 1.807) is 34.6 Å². The number of amides is 2. The summed E-state index contributed by atoms with van der Waals surface area (Å²) in [4.78, 5) is 29.2. The van der Waals surface area contributed by atoms with Crippen molar-refractivity contribution in [1.82, 2.24) is 31.0 Å². The molecule has 10 nitrogen and oxygen atoms in total. The molecule has 2 rings (SSSR count). The number of carbonyl (C=O) groups excluding carboxylic acids is 2. The largest absolute Gasteiger partial charge is 0.444 e. The third-order valence-corrected chi connectivity index (χ3v) is 3.00. The van der Waals surface area contributed by atoms with Crippen molar-refractivity contribution in [1.29, 1.82) is 0 Å². The molecule has 2 N–H and O–H groups in total. The quantitative estimate of drug-likeness (QED) is 0.767. The minimum atomic E-state index is -0.674. The van der Waals surface area contributed by atoms with Gasteiger partial charge in [0.05, 0.1) is 6.04 Å². The molecule has 1 saturated heterocycles. The van der Waals surface area contributed by atoms with Crippen molar-refractivity contribution in [3.05, 3.63) is 5.82 Å². The summed E-state index contributed by atoms with van der Waals surface area (Å²) in [6, 6.07) is -0.998. The lowest BCUT2D eigenvalue weighted by Crippen LogP contribution is -2.69. The van der Waals surface area contributed by atoms with Crippen LogP contribution in [0, 0.1) is 0 Å². The van der Waals surface area contributed by atoms with Crippen molar-refractivity contribution >= 4 is 12.0 Å². The van der Waals surface area contributed by atoms with Gasteiger partial charge in [-0.1, -0.05) is 5.21 Å². The number of tetrazole rings is 1. The molecule has 0 saturated carbocycles. The lowest BCUT2D eigenvalue weighted by Gasteiger charge is -2.44. The maximum Gasteiger partial charge on any atom is 0.408 e. The van der Waals surface area contributed by atoms with Gasteiger partial charge in [0, 0.05) is 0 Å². The van der Waals surface area contributed by atoms with E-state index in [0.29, 0.717) is 5.82 Å². The van der Waals surface area contributed by atoms with Crippen molar-refractivity contribution in [3.8, 4) is 0 Å². The van der Waals surface area contributed by atoms with E-state index < -0.39 is 23.8 Å². The van der Waals surface area contributed by atoms with Crippen LogP contribution in [0.5, 0.6) is 0 Å². The van der Waals surface area contributed by atoms with E-state index in [0.717, 1.165) is 0 Å². The van der Waals surface area contributed by atoms with Crippen molar-refractivity contribution < 1.29 is 19.2 Å². The van der Waals surface area contributed by atoms with E-state index in [1.165, 1.54) is 5.06 Å². The number of carbonyl (C=O) groups is 2. The Hall–Kier alpha value is -2.23. The highest BCUT2D eigenvalue weighted by Crippen LogP contribution is 2.25. The highest BCUT2D eigenvalue weighted by atomic mass is 16.7. The fourth-order valence-corrected chi connectivity index (χ4v) is 1.92. The zero-order valence-electron chi connectivity index (χ0n) is 13.2. The lowest BCUT2D eigenvalue weighted by atomic mass is 10.0. The van der Waals surface area contributed by atoms with Crippen LogP contribution in [-0.4, -0.2) is 55.4 Å². The molecule has 0 bridgehead atoms. The van der Waals surface area contributed by atoms with E-state index in [-0.39, 0.29) is 11.9 Å². The number of H-pyrrole nitrogens is 1. The van der Waals surface area contributed by atoms with E-state index in [4.69, 9.17) is 9.57 Å². The van der Waals surface area contributed by atoms with Crippen molar-refractivity contribution in [2.24, 2.45) is 0 Å². The summed E-state index contributed by atoms with van der Waals surface area (Å²) in [5.74, 6) is -0.0164. The Labute approximate surface area is 127 Å². The number of nitrogens with one attached hydrogen (secondary N) is 2. The van der Waals surface area contributed by atoms with E-state index in [2.05, 4.69) is 25.9 Å². The van der Waals surface area contributed by atoms with Crippen LogP contribution in [-0.2, 0) is 14.4 Å². The zero-order chi connectivity index (χ0) is 16.5. The smallest absolute Gasteiger partial charge is 0.408 e. The standard InChI is InChI=1S/C12H20N6O4/c1-6-8(13-11(20)21-12(3,4)5)10(19)18(6)22-7(2)9-14-16-17-15-9/h6-8H,1-5H3,(H,13,20)(H,14,15,16,17)/t6-,7?,8-/m0/s1. The Balaban J connectivity index is 1.87. The molecule has 122 valence electrons. The van der Waals surface area contributed by atoms with Gasteiger partial charge in [-0.15, -0.1) is 10.2 Å². The van der Waals surface area contributed by atoms with E-state index in [1.807, 2.05) is 0 Å². The zero-order valence-corrected chi connectivity index (χ0v) is 13.2. The second kappa shape index (κ2) is 5.87. The maximum atomic E-state index is 12.0. The van der Waals surface area contributed by atoms with Crippen LogP contribution < -0.4 is 5.32 Å². The molecule has 0 aliphatic carbocycles. The van der Waals surface area contributed by atoms with Crippen molar-refractivity contribution in [2.45, 2.75) is 58.4 Å². The van der Waals surface area contributed by atoms with Crippen LogP contribution in [0.4, 0.5) is 4.79 Å². The average Bonchev–Trinajstić information content (AvgIpc) is 2.93. The molecule has 0 aromatic carbocycles. The second-order valence-corrected chi connectivity index (χ2v) is 6.05. The fourth-order valence-electron chi connectivity index (χ4n) is 1.92. The normalized spacial score (nSPS) is 23.0. The first-order valence-electron chi connectivity index (χ1n) is 6.92. The maximum absolute atomic E-state index is 12.0. The van der Waals surface area contributed by atoms with Gasteiger partial charge in [-0.05, 0) is 34.6 Å². The molecule has 3 atom stereocenters. The minimum Gasteiger partial charge on any atom is -0.444 e. The third-order valence-electron chi connectivity index (χ3n) is 3.00. The molecule has 1 unspecified atom stereocenters. The first-order chi connectivity index (χ1) is 10.2. The molecule has 1 aliphatic heterocycles. The van der Waals surface area contributed by atoms with Gasteiger partial charge >= 0.3 is 6.09 Å². The molecule has 1 aromatic rings. The summed E-state index contributed by atoms with van der Waals surface area (Å²) in [7, 11) is 0. The predicted molar refractivity (Wildman–Crippen MR) is 73.1 cm³/mol. The number of ether oxygens (including phenoxy) is 1. The molecule has 1 aromatic heterocycles. The number of hydrogen-bond acceptors (Lipinski definition) is 7. The number of alkyl carbamates (subject to hydrolysis) is 1. The number of hydrogen-bond donors (Lipinski definition) is 2.